The van der Waals surface area contributed by atoms with Crippen LogP contribution in [0, 0.1) is 5.92 Å². The van der Waals surface area contributed by atoms with Gasteiger partial charge in [-0.25, -0.2) is 13.1 Å². The average Bonchev–Trinajstić information content (AvgIpc) is 3.45. The maximum absolute atomic E-state index is 12.6. The van der Waals surface area contributed by atoms with Crippen LogP contribution in [0.3, 0.4) is 0 Å². The van der Waals surface area contributed by atoms with E-state index in [1.54, 1.807) is 0 Å². The van der Waals surface area contributed by atoms with E-state index in [1.165, 1.54) is 47.1 Å². The molecule has 2 aliphatic rings. The van der Waals surface area contributed by atoms with Crippen LogP contribution in [-0.2, 0) is 22.9 Å². The molecule has 1 atom stereocenters. The zero-order valence-electron chi connectivity index (χ0n) is 17.4. The van der Waals surface area contributed by atoms with E-state index in [-0.39, 0.29) is 22.3 Å². The van der Waals surface area contributed by atoms with Crippen molar-refractivity contribution in [3.05, 3.63) is 45.1 Å². The minimum atomic E-state index is -3.82. The molecule has 1 aromatic heterocycles. The van der Waals surface area contributed by atoms with E-state index in [1.807, 2.05) is 6.07 Å². The predicted octanol–water partition coefficient (Wildman–Crippen LogP) is 2.40. The first-order chi connectivity index (χ1) is 14.8. The summed E-state index contributed by atoms with van der Waals surface area (Å²) in [4.78, 5) is 26.7. The number of rotatable bonds is 6. The molecule has 1 aromatic carbocycles. The predicted molar refractivity (Wildman–Crippen MR) is 117 cm³/mol. The van der Waals surface area contributed by atoms with Crippen molar-refractivity contribution in [3.8, 4) is 5.75 Å². The van der Waals surface area contributed by atoms with Gasteiger partial charge >= 0.3 is 0 Å². The molecule has 1 unspecified atom stereocenters. The van der Waals surface area contributed by atoms with Crippen LogP contribution < -0.4 is 20.3 Å². The van der Waals surface area contributed by atoms with Crippen molar-refractivity contribution in [1.29, 1.82) is 0 Å². The number of nitrogens with one attached hydrogen (secondary N) is 3. The molecule has 10 heteroatoms. The molecule has 4 rings (SSSR count). The zero-order chi connectivity index (χ0) is 22.2. The van der Waals surface area contributed by atoms with Crippen LogP contribution in [0.15, 0.2) is 29.2 Å². The minimum absolute atomic E-state index is 0.0777. The molecule has 0 saturated heterocycles. The average molecular weight is 464 g/mol. The molecule has 31 heavy (non-hydrogen) atoms. The van der Waals surface area contributed by atoms with Crippen LogP contribution in [0.1, 0.15) is 56.7 Å². The number of ether oxygens (including phenoxy) is 1. The number of amides is 2. The van der Waals surface area contributed by atoms with Gasteiger partial charge in [-0.3, -0.25) is 20.4 Å². The van der Waals surface area contributed by atoms with Gasteiger partial charge in [-0.2, -0.15) is 0 Å². The van der Waals surface area contributed by atoms with Crippen molar-refractivity contribution in [2.24, 2.45) is 5.92 Å². The summed E-state index contributed by atoms with van der Waals surface area (Å²) in [6, 6.07) is 5.93. The number of hydrogen-bond donors (Lipinski definition) is 3. The summed E-state index contributed by atoms with van der Waals surface area (Å²) >= 11 is 1.45. The van der Waals surface area contributed by atoms with Crippen LogP contribution in [0.5, 0.6) is 5.75 Å². The second-order valence-electron chi connectivity index (χ2n) is 8.08. The first-order valence-corrected chi connectivity index (χ1v) is 12.5. The highest BCUT2D eigenvalue weighted by atomic mass is 32.2. The van der Waals surface area contributed by atoms with Crippen molar-refractivity contribution < 1.29 is 22.7 Å². The Morgan fingerprint density at radius 2 is 1.84 bits per heavy atom. The van der Waals surface area contributed by atoms with E-state index in [2.05, 4.69) is 22.5 Å². The standard InChI is InChI=1S/C21H25N3O5S2/c1-12-3-8-17-14(9-12)10-18(30-17)21(26)23-22-20(25)13-4-7-16(29-2)19(11-13)31(27,28)24-15-5-6-15/h4,7,10-12,15,24H,3,5-6,8-9H2,1-2H3,(H,22,25)(H,23,26). The van der Waals surface area contributed by atoms with Gasteiger partial charge in [0.05, 0.1) is 12.0 Å². The summed E-state index contributed by atoms with van der Waals surface area (Å²) in [5.41, 5.74) is 6.09. The number of hydrazine groups is 1. The fraction of sp³-hybridized carbons (Fsp3) is 0.429. The number of carbonyl (C=O) groups excluding carboxylic acids is 2. The maximum Gasteiger partial charge on any atom is 0.279 e. The van der Waals surface area contributed by atoms with Crippen LogP contribution >= 0.6 is 11.3 Å². The van der Waals surface area contributed by atoms with Gasteiger partial charge in [0.15, 0.2) is 0 Å². The van der Waals surface area contributed by atoms with Crippen molar-refractivity contribution in [2.75, 3.05) is 7.11 Å². The molecule has 0 spiro atoms. The Labute approximate surface area is 185 Å². The quantitative estimate of drug-likeness (QED) is 0.570. The molecule has 1 fully saturated rings. The van der Waals surface area contributed by atoms with Crippen molar-refractivity contribution in [2.45, 2.75) is 50.0 Å². The normalized spacial score (nSPS) is 18.2. The number of hydrogen-bond acceptors (Lipinski definition) is 6. The first-order valence-electron chi connectivity index (χ1n) is 10.2. The van der Waals surface area contributed by atoms with Crippen LogP contribution in [0.4, 0.5) is 0 Å². The lowest BCUT2D eigenvalue weighted by Gasteiger charge is -2.16. The summed E-state index contributed by atoms with van der Waals surface area (Å²) in [5.74, 6) is -0.259. The molecule has 8 nitrogen and oxygen atoms in total. The third-order valence-corrected chi connectivity index (χ3v) is 8.23. The molecule has 1 heterocycles. The largest absolute Gasteiger partial charge is 0.495 e. The number of sulfonamides is 1. The minimum Gasteiger partial charge on any atom is -0.495 e. The maximum atomic E-state index is 12.6. The summed E-state index contributed by atoms with van der Waals surface area (Å²) < 4.78 is 33.0. The van der Waals surface area contributed by atoms with Crippen molar-refractivity contribution in [1.82, 2.24) is 15.6 Å². The molecular weight excluding hydrogens is 438 g/mol. The lowest BCUT2D eigenvalue weighted by molar-refractivity contribution is 0.0848. The van der Waals surface area contributed by atoms with E-state index in [9.17, 15) is 18.0 Å². The number of aryl methyl sites for hydroxylation is 1. The summed E-state index contributed by atoms with van der Waals surface area (Å²) in [6.45, 7) is 2.20. The Bertz CT molecular complexity index is 1120. The Morgan fingerprint density at radius 1 is 1.10 bits per heavy atom. The number of benzene rings is 1. The van der Waals surface area contributed by atoms with Crippen molar-refractivity contribution >= 4 is 33.2 Å². The molecular formula is C21H25N3O5S2. The SMILES string of the molecule is COc1ccc(C(=O)NNC(=O)c2cc3c(s2)CCC(C)C3)cc1S(=O)(=O)NC1CC1. The summed E-state index contributed by atoms with van der Waals surface area (Å²) in [6.07, 6.45) is 4.63. The Balaban J connectivity index is 1.45. The highest BCUT2D eigenvalue weighted by Crippen LogP contribution is 2.32. The highest BCUT2D eigenvalue weighted by molar-refractivity contribution is 7.89. The smallest absolute Gasteiger partial charge is 0.279 e. The van der Waals surface area contributed by atoms with E-state index in [4.69, 9.17) is 4.74 Å². The van der Waals surface area contributed by atoms with Gasteiger partial charge < -0.3 is 4.74 Å². The van der Waals surface area contributed by atoms with Gasteiger partial charge in [0, 0.05) is 16.5 Å². The second-order valence-corrected chi connectivity index (χ2v) is 10.9. The van der Waals surface area contributed by atoms with Gasteiger partial charge in [0.25, 0.3) is 11.8 Å². The lowest BCUT2D eigenvalue weighted by Crippen LogP contribution is -2.41. The Kier molecular flexibility index (Phi) is 6.05. The Morgan fingerprint density at radius 3 is 2.55 bits per heavy atom. The molecule has 1 saturated carbocycles. The number of methoxy groups -OCH3 is 1. The first kappa shape index (κ1) is 21.8. The highest BCUT2D eigenvalue weighted by Gasteiger charge is 2.30. The van der Waals surface area contributed by atoms with Gasteiger partial charge in [0.1, 0.15) is 10.6 Å². The fourth-order valence-corrected chi connectivity index (χ4v) is 6.18. The summed E-state index contributed by atoms with van der Waals surface area (Å²) in [5, 5.41) is 0. The molecule has 3 N–H and O–H groups in total. The molecule has 0 aliphatic heterocycles. The van der Waals surface area contributed by atoms with Crippen LogP contribution in [0.2, 0.25) is 0 Å². The monoisotopic (exact) mass is 463 g/mol. The molecule has 2 aliphatic carbocycles. The van der Waals surface area contributed by atoms with Crippen molar-refractivity contribution in [3.63, 3.8) is 0 Å². The molecule has 2 aromatic rings. The third-order valence-electron chi connectivity index (χ3n) is 5.46. The number of fused-ring (bicyclic) bond motifs is 1. The van der Waals surface area contributed by atoms with Crippen LogP contribution in [-0.4, -0.2) is 33.4 Å². The molecule has 0 bridgehead atoms. The fourth-order valence-electron chi connectivity index (χ4n) is 3.58. The van der Waals surface area contributed by atoms with Gasteiger partial charge in [0.2, 0.25) is 10.0 Å². The van der Waals surface area contributed by atoms with E-state index in [0.29, 0.717) is 10.8 Å². The van der Waals surface area contributed by atoms with Gasteiger partial charge in [-0.1, -0.05) is 6.92 Å². The van der Waals surface area contributed by atoms with E-state index >= 15 is 0 Å². The third kappa shape index (κ3) is 4.91. The van der Waals surface area contributed by atoms with Gasteiger partial charge in [-0.05, 0) is 67.9 Å². The van der Waals surface area contributed by atoms with Gasteiger partial charge in [-0.15, -0.1) is 11.3 Å². The molecule has 2 amide bonds. The topological polar surface area (TPSA) is 114 Å². The molecule has 166 valence electrons. The summed E-state index contributed by atoms with van der Waals surface area (Å²) in [7, 11) is -2.45. The molecule has 0 radical (unpaired) electrons. The van der Waals surface area contributed by atoms with Crippen LogP contribution in [0.25, 0.3) is 0 Å². The van der Waals surface area contributed by atoms with E-state index < -0.39 is 21.8 Å². The van der Waals surface area contributed by atoms with E-state index in [0.717, 1.165) is 32.1 Å². The number of carbonyl (C=O) groups is 2. The zero-order valence-corrected chi connectivity index (χ0v) is 19.0. The second kappa shape index (κ2) is 8.60. The number of thiophene rings is 1. The lowest BCUT2D eigenvalue weighted by atomic mass is 9.90. The Hall–Kier alpha value is -2.43.